The largest absolute Gasteiger partial charge is 0.240 e. The molecule has 0 spiro atoms. The molecule has 106 valence electrons. The second-order valence-corrected chi connectivity index (χ2v) is 6.92. The highest BCUT2D eigenvalue weighted by Crippen LogP contribution is 2.20. The number of benzene rings is 2. The molecule has 0 aliphatic carbocycles. The average molecular weight is 330 g/mol. The van der Waals surface area contributed by atoms with E-state index in [2.05, 4.69) is 4.72 Å². The van der Waals surface area contributed by atoms with Crippen LogP contribution in [-0.2, 0) is 10.0 Å². The van der Waals surface area contributed by atoms with Gasteiger partial charge in [-0.15, -0.1) is 11.6 Å². The van der Waals surface area contributed by atoms with E-state index >= 15 is 0 Å². The first-order valence-electron chi connectivity index (χ1n) is 5.93. The fourth-order valence-electron chi connectivity index (χ4n) is 1.68. The number of halogens is 2. The van der Waals surface area contributed by atoms with Crippen LogP contribution >= 0.6 is 23.2 Å². The van der Waals surface area contributed by atoms with Gasteiger partial charge in [0, 0.05) is 11.6 Å². The smallest absolute Gasteiger partial charge is 0.209 e. The third-order valence-corrected chi connectivity index (χ3v) is 4.78. The van der Waals surface area contributed by atoms with E-state index in [1.165, 1.54) is 12.1 Å². The molecule has 2 aromatic carbocycles. The second-order valence-electron chi connectivity index (χ2n) is 4.19. The molecule has 20 heavy (non-hydrogen) atoms. The van der Waals surface area contributed by atoms with Gasteiger partial charge in [0.1, 0.15) is 0 Å². The van der Waals surface area contributed by atoms with Gasteiger partial charge in [-0.3, -0.25) is 0 Å². The lowest BCUT2D eigenvalue weighted by molar-refractivity contribution is 0.581. The second kappa shape index (κ2) is 6.59. The van der Waals surface area contributed by atoms with Gasteiger partial charge in [-0.05, 0) is 23.8 Å². The Morgan fingerprint density at radius 2 is 1.75 bits per heavy atom. The van der Waals surface area contributed by atoms with Crippen molar-refractivity contribution in [2.24, 2.45) is 0 Å². The highest BCUT2D eigenvalue weighted by molar-refractivity contribution is 7.89. The molecule has 0 saturated carbocycles. The van der Waals surface area contributed by atoms with Crippen LogP contribution in [0.3, 0.4) is 0 Å². The number of hydrogen-bond acceptors (Lipinski definition) is 2. The average Bonchev–Trinajstić information content (AvgIpc) is 2.46. The Hall–Kier alpha value is -1.07. The summed E-state index contributed by atoms with van der Waals surface area (Å²) >= 11 is 12.0. The van der Waals surface area contributed by atoms with E-state index in [0.717, 1.165) is 5.56 Å². The summed E-state index contributed by atoms with van der Waals surface area (Å²) in [6.07, 6.45) is 0. The van der Waals surface area contributed by atoms with Crippen molar-refractivity contribution in [2.45, 2.75) is 10.3 Å². The summed E-state index contributed by atoms with van der Waals surface area (Å²) in [5.74, 6) is 0. The van der Waals surface area contributed by atoms with Gasteiger partial charge >= 0.3 is 0 Å². The molecular weight excluding hydrogens is 317 g/mol. The molecule has 0 amide bonds. The molecule has 3 nitrogen and oxygen atoms in total. The lowest BCUT2D eigenvalue weighted by Crippen LogP contribution is -2.27. The molecule has 1 N–H and O–H groups in total. The Bertz CT molecular complexity index is 675. The van der Waals surface area contributed by atoms with Crippen molar-refractivity contribution in [3.63, 3.8) is 0 Å². The minimum Gasteiger partial charge on any atom is -0.209 e. The zero-order chi connectivity index (χ0) is 14.6. The third-order valence-electron chi connectivity index (χ3n) is 2.72. The van der Waals surface area contributed by atoms with Gasteiger partial charge in [0.15, 0.2) is 0 Å². The van der Waals surface area contributed by atoms with Crippen molar-refractivity contribution in [3.05, 3.63) is 65.2 Å². The number of nitrogens with one attached hydrogen (secondary N) is 1. The van der Waals surface area contributed by atoms with Crippen molar-refractivity contribution in [2.75, 3.05) is 6.54 Å². The topological polar surface area (TPSA) is 46.2 Å². The standard InChI is InChI=1S/C14H13Cl2NO2S/c15-12-7-4-8-13(9-12)20(18,19)17-10-14(16)11-5-2-1-3-6-11/h1-9,14,17H,10H2. The molecule has 0 aliphatic heterocycles. The predicted octanol–water partition coefficient (Wildman–Crippen LogP) is 3.60. The molecule has 0 saturated heterocycles. The van der Waals surface area contributed by atoms with Gasteiger partial charge in [0.05, 0.1) is 10.3 Å². The van der Waals surface area contributed by atoms with Gasteiger partial charge < -0.3 is 0 Å². The Balaban J connectivity index is 2.07. The maximum atomic E-state index is 12.1. The monoisotopic (exact) mass is 329 g/mol. The van der Waals surface area contributed by atoms with Crippen LogP contribution in [0.25, 0.3) is 0 Å². The van der Waals surface area contributed by atoms with E-state index in [9.17, 15) is 8.42 Å². The number of sulfonamides is 1. The zero-order valence-electron chi connectivity index (χ0n) is 10.5. The van der Waals surface area contributed by atoms with Gasteiger partial charge in [0.2, 0.25) is 10.0 Å². The number of hydrogen-bond donors (Lipinski definition) is 1. The van der Waals surface area contributed by atoms with Crippen molar-refractivity contribution >= 4 is 33.2 Å². The van der Waals surface area contributed by atoms with Crippen LogP contribution < -0.4 is 4.72 Å². The molecular formula is C14H13Cl2NO2S. The molecule has 0 aromatic heterocycles. The Morgan fingerprint density at radius 3 is 2.40 bits per heavy atom. The highest BCUT2D eigenvalue weighted by atomic mass is 35.5. The van der Waals surface area contributed by atoms with Crippen LogP contribution in [0.2, 0.25) is 5.02 Å². The Morgan fingerprint density at radius 1 is 1.05 bits per heavy atom. The van der Waals surface area contributed by atoms with Crippen molar-refractivity contribution in [1.29, 1.82) is 0 Å². The van der Waals surface area contributed by atoms with Crippen LogP contribution in [0, 0.1) is 0 Å². The summed E-state index contributed by atoms with van der Waals surface area (Å²) in [6.45, 7) is 0.112. The van der Waals surface area contributed by atoms with Crippen LogP contribution in [0.5, 0.6) is 0 Å². The molecule has 0 radical (unpaired) electrons. The van der Waals surface area contributed by atoms with E-state index in [0.29, 0.717) is 5.02 Å². The van der Waals surface area contributed by atoms with Crippen LogP contribution in [-0.4, -0.2) is 15.0 Å². The molecule has 0 bridgehead atoms. The maximum Gasteiger partial charge on any atom is 0.240 e. The van der Waals surface area contributed by atoms with Crippen LogP contribution in [0.1, 0.15) is 10.9 Å². The lowest BCUT2D eigenvalue weighted by Gasteiger charge is -2.12. The van der Waals surface area contributed by atoms with Crippen molar-refractivity contribution < 1.29 is 8.42 Å². The number of rotatable bonds is 5. The molecule has 2 aromatic rings. The number of alkyl halides is 1. The zero-order valence-corrected chi connectivity index (χ0v) is 12.8. The summed E-state index contributed by atoms with van der Waals surface area (Å²) in [4.78, 5) is 0.127. The Kier molecular flexibility index (Phi) is 5.05. The summed E-state index contributed by atoms with van der Waals surface area (Å²) in [5.41, 5.74) is 0.864. The van der Waals surface area contributed by atoms with Crippen LogP contribution in [0.15, 0.2) is 59.5 Å². The fourth-order valence-corrected chi connectivity index (χ4v) is 3.34. The first-order valence-corrected chi connectivity index (χ1v) is 8.23. The molecule has 1 atom stereocenters. The minimum atomic E-state index is -3.60. The SMILES string of the molecule is O=S(=O)(NCC(Cl)c1ccccc1)c1cccc(Cl)c1. The van der Waals surface area contributed by atoms with E-state index in [1.807, 2.05) is 30.3 Å². The molecule has 2 rings (SSSR count). The fraction of sp³-hybridized carbons (Fsp3) is 0.143. The van der Waals surface area contributed by atoms with E-state index in [1.54, 1.807) is 12.1 Å². The van der Waals surface area contributed by atoms with E-state index in [-0.39, 0.29) is 11.4 Å². The predicted molar refractivity (Wildman–Crippen MR) is 81.7 cm³/mol. The van der Waals surface area contributed by atoms with Crippen molar-refractivity contribution in [1.82, 2.24) is 4.72 Å². The minimum absolute atomic E-state index is 0.112. The van der Waals surface area contributed by atoms with Gasteiger partial charge in [0.25, 0.3) is 0 Å². The normalized spacial score (nSPS) is 13.1. The molecule has 0 aliphatic rings. The quantitative estimate of drug-likeness (QED) is 0.852. The summed E-state index contributed by atoms with van der Waals surface area (Å²) in [6, 6.07) is 15.4. The first kappa shape index (κ1) is 15.3. The summed E-state index contributed by atoms with van der Waals surface area (Å²) < 4.78 is 26.7. The molecule has 0 fully saturated rings. The maximum absolute atomic E-state index is 12.1. The highest BCUT2D eigenvalue weighted by Gasteiger charge is 2.16. The van der Waals surface area contributed by atoms with Gasteiger partial charge in [-0.2, -0.15) is 0 Å². The Labute approximate surface area is 128 Å². The molecule has 0 heterocycles. The first-order chi connectivity index (χ1) is 9.49. The molecule has 1 unspecified atom stereocenters. The van der Waals surface area contributed by atoms with E-state index < -0.39 is 15.4 Å². The summed E-state index contributed by atoms with van der Waals surface area (Å²) in [7, 11) is -3.60. The third kappa shape index (κ3) is 3.96. The molecule has 6 heteroatoms. The lowest BCUT2D eigenvalue weighted by atomic mass is 10.1. The van der Waals surface area contributed by atoms with Crippen molar-refractivity contribution in [3.8, 4) is 0 Å². The van der Waals surface area contributed by atoms with Gasteiger partial charge in [-0.25, -0.2) is 13.1 Å². The van der Waals surface area contributed by atoms with E-state index in [4.69, 9.17) is 23.2 Å². The van der Waals surface area contributed by atoms with Gasteiger partial charge in [-0.1, -0.05) is 48.0 Å². The summed E-state index contributed by atoms with van der Waals surface area (Å²) in [5, 5.41) is -0.0523. The van der Waals surface area contributed by atoms with Crippen LogP contribution in [0.4, 0.5) is 0 Å².